The zero-order chi connectivity index (χ0) is 14.3. The van der Waals surface area contributed by atoms with Gasteiger partial charge in [0.25, 0.3) is 0 Å². The number of pyridine rings is 1. The summed E-state index contributed by atoms with van der Waals surface area (Å²) in [6.45, 7) is 0. The topological polar surface area (TPSA) is 12.9 Å². The summed E-state index contributed by atoms with van der Waals surface area (Å²) in [5.41, 5.74) is 3.58. The van der Waals surface area contributed by atoms with E-state index in [9.17, 15) is 4.39 Å². The minimum atomic E-state index is -1.76. The second-order valence-electron chi connectivity index (χ2n) is 6.57. The maximum atomic E-state index is 13.1. The summed E-state index contributed by atoms with van der Waals surface area (Å²) in [5, 5.41) is 4.56. The van der Waals surface area contributed by atoms with E-state index in [1.807, 2.05) is 12.1 Å². The van der Waals surface area contributed by atoms with Crippen LogP contribution < -0.4 is 4.40 Å². The number of benzene rings is 1. The Kier molecular flexibility index (Phi) is 3.37. The van der Waals surface area contributed by atoms with Gasteiger partial charge in [-0.25, -0.2) is 0 Å². The summed E-state index contributed by atoms with van der Waals surface area (Å²) < 4.78 is 14.7. The molecule has 1 aromatic carbocycles. The number of hydrogen-bond acceptors (Lipinski definition) is 1. The number of aromatic nitrogens is 1. The molecule has 0 saturated carbocycles. The molecule has 2 aliphatic rings. The van der Waals surface area contributed by atoms with Crippen LogP contribution >= 0.6 is 0 Å². The van der Waals surface area contributed by atoms with Crippen LogP contribution in [-0.4, -0.2) is 18.3 Å². The molecule has 0 bridgehead atoms. The van der Waals surface area contributed by atoms with Gasteiger partial charge in [0.1, 0.15) is 0 Å². The first-order valence-electron chi connectivity index (χ1n) is 8.02. The molecule has 4 rings (SSSR count). The van der Waals surface area contributed by atoms with E-state index >= 15 is 0 Å². The van der Waals surface area contributed by atoms with Gasteiger partial charge in [0.2, 0.25) is 0 Å². The van der Waals surface area contributed by atoms with Gasteiger partial charge in [-0.05, 0) is 0 Å². The van der Waals surface area contributed by atoms with Crippen molar-refractivity contribution >= 4 is 17.7 Å². The summed E-state index contributed by atoms with van der Waals surface area (Å²) >= 11 is -1.76. The Morgan fingerprint density at radius 3 is 2.43 bits per heavy atom. The summed E-state index contributed by atoms with van der Waals surface area (Å²) in [4.78, 5) is 4.74. The van der Waals surface area contributed by atoms with Crippen molar-refractivity contribution in [1.29, 1.82) is 0 Å². The molecule has 0 N–H and O–H groups in total. The number of aryl methyl sites for hydroxylation is 1. The van der Waals surface area contributed by atoms with Crippen molar-refractivity contribution in [1.82, 2.24) is 4.98 Å². The molecule has 3 heterocycles. The van der Waals surface area contributed by atoms with Crippen molar-refractivity contribution < 1.29 is 4.39 Å². The second kappa shape index (κ2) is 5.24. The van der Waals surface area contributed by atoms with Gasteiger partial charge in [-0.3, -0.25) is 0 Å². The van der Waals surface area contributed by atoms with Crippen LogP contribution in [0.15, 0.2) is 36.5 Å². The van der Waals surface area contributed by atoms with Crippen molar-refractivity contribution in [3.63, 3.8) is 0 Å². The predicted molar refractivity (Wildman–Crippen MR) is 87.0 cm³/mol. The van der Waals surface area contributed by atoms with Crippen LogP contribution in [0.4, 0.5) is 4.39 Å². The first-order valence-corrected chi connectivity index (χ1v) is 13.5. The van der Waals surface area contributed by atoms with Crippen molar-refractivity contribution in [2.24, 2.45) is 0 Å². The van der Waals surface area contributed by atoms with Gasteiger partial charge >= 0.3 is 128 Å². The molecule has 1 fully saturated rings. The van der Waals surface area contributed by atoms with E-state index < -0.39 is 13.3 Å². The molecule has 1 saturated heterocycles. The Bertz CT molecular complexity index is 659. The van der Waals surface area contributed by atoms with Gasteiger partial charge in [-0.1, -0.05) is 0 Å². The SMILES string of the molecule is Fc1ccc(-c2cc3[c](cn2)[Ge]2([CH2]CC[CH2]2)[CH2]CC3)cc1. The summed E-state index contributed by atoms with van der Waals surface area (Å²) in [6.07, 6.45) is 7.66. The Balaban J connectivity index is 1.76. The van der Waals surface area contributed by atoms with Gasteiger partial charge in [-0.2, -0.15) is 0 Å². The molecule has 0 aliphatic carbocycles. The Hall–Kier alpha value is -1.16. The number of nitrogens with zero attached hydrogens (tertiary/aromatic N) is 1. The van der Waals surface area contributed by atoms with Crippen molar-refractivity contribution in [3.05, 3.63) is 47.9 Å². The van der Waals surface area contributed by atoms with Gasteiger partial charge in [0.15, 0.2) is 0 Å². The third kappa shape index (κ3) is 2.34. The first-order chi connectivity index (χ1) is 10.3. The van der Waals surface area contributed by atoms with E-state index in [-0.39, 0.29) is 5.82 Å². The average molecular weight is 342 g/mol. The van der Waals surface area contributed by atoms with Crippen LogP contribution in [0.3, 0.4) is 0 Å². The quantitative estimate of drug-likeness (QED) is 0.705. The summed E-state index contributed by atoms with van der Waals surface area (Å²) in [5.74, 6) is -0.184. The fourth-order valence-electron chi connectivity index (χ4n) is 4.28. The molecule has 0 atom stereocenters. The van der Waals surface area contributed by atoms with E-state index in [4.69, 9.17) is 4.98 Å². The Morgan fingerprint density at radius 2 is 1.67 bits per heavy atom. The molecule has 3 heteroatoms. The number of rotatable bonds is 1. The van der Waals surface area contributed by atoms with E-state index in [1.54, 1.807) is 9.96 Å². The molecule has 1 nitrogen and oxygen atoms in total. The predicted octanol–water partition coefficient (Wildman–Crippen LogP) is 4.28. The van der Waals surface area contributed by atoms with Gasteiger partial charge in [-0.15, -0.1) is 0 Å². The summed E-state index contributed by atoms with van der Waals surface area (Å²) in [6, 6.07) is 8.99. The fourth-order valence-corrected chi connectivity index (χ4v) is 15.8. The molecule has 2 aliphatic heterocycles. The van der Waals surface area contributed by atoms with Gasteiger partial charge in [0.05, 0.1) is 0 Å². The fraction of sp³-hybridized carbons (Fsp3) is 0.389. The average Bonchev–Trinajstić information content (AvgIpc) is 2.97. The van der Waals surface area contributed by atoms with Crippen molar-refractivity contribution in [2.45, 2.75) is 41.4 Å². The Labute approximate surface area is 128 Å². The van der Waals surface area contributed by atoms with E-state index in [1.165, 1.54) is 53.6 Å². The van der Waals surface area contributed by atoms with E-state index in [0.717, 1.165) is 11.3 Å². The van der Waals surface area contributed by atoms with Crippen LogP contribution in [0.5, 0.6) is 0 Å². The van der Waals surface area contributed by atoms with Crippen molar-refractivity contribution in [3.8, 4) is 11.3 Å². The molecule has 21 heavy (non-hydrogen) atoms. The molecule has 0 radical (unpaired) electrons. The third-order valence-electron chi connectivity index (χ3n) is 5.36. The number of hydrogen-bond donors (Lipinski definition) is 0. The molecule has 1 spiro atoms. The molecular formula is C18H20FGeN. The zero-order valence-electron chi connectivity index (χ0n) is 12.2. The molecule has 0 unspecified atom stereocenters. The van der Waals surface area contributed by atoms with Crippen LogP contribution in [0.25, 0.3) is 11.3 Å². The molecule has 1 aromatic heterocycles. The standard InChI is InChI=1S/C18H20FGeN/c19-16-7-5-14(6-8-16)18-12-15-4-3-11-20(9-1-2-10-20)17(15)13-21-18/h5-8,12-13H,1-4,9-11H2. The summed E-state index contributed by atoms with van der Waals surface area (Å²) in [7, 11) is 0. The monoisotopic (exact) mass is 343 g/mol. The molecular weight excluding hydrogens is 322 g/mol. The Morgan fingerprint density at radius 1 is 0.952 bits per heavy atom. The normalized spacial score (nSPS) is 19.7. The minimum absolute atomic E-state index is 0.184. The zero-order valence-corrected chi connectivity index (χ0v) is 14.3. The van der Waals surface area contributed by atoms with Gasteiger partial charge in [0, 0.05) is 0 Å². The first kappa shape index (κ1) is 13.5. The van der Waals surface area contributed by atoms with E-state index in [2.05, 4.69) is 12.3 Å². The third-order valence-corrected chi connectivity index (χ3v) is 17.0. The maximum absolute atomic E-state index is 13.1. The van der Waals surface area contributed by atoms with Crippen molar-refractivity contribution in [2.75, 3.05) is 0 Å². The number of fused-ring (bicyclic) bond motifs is 2. The second-order valence-corrected chi connectivity index (χ2v) is 16.2. The van der Waals surface area contributed by atoms with Crippen LogP contribution in [0.2, 0.25) is 15.8 Å². The molecule has 108 valence electrons. The number of halogens is 1. The van der Waals surface area contributed by atoms with E-state index in [0.29, 0.717) is 0 Å². The molecule has 2 aromatic rings. The molecule has 0 amide bonds. The van der Waals surface area contributed by atoms with Crippen LogP contribution in [0.1, 0.15) is 24.8 Å². The van der Waals surface area contributed by atoms with Crippen LogP contribution in [-0.2, 0) is 6.42 Å². The van der Waals surface area contributed by atoms with Gasteiger partial charge < -0.3 is 0 Å². The van der Waals surface area contributed by atoms with Crippen LogP contribution in [0, 0.1) is 5.82 Å².